The molecule has 1 rings (SSSR count). The van der Waals surface area contributed by atoms with Gasteiger partial charge < -0.3 is 4.74 Å². The quantitative estimate of drug-likeness (QED) is 0.553. The molecule has 0 bridgehead atoms. The molecule has 1 aromatic carbocycles. The molecule has 0 aromatic heterocycles. The molecule has 0 aliphatic rings. The molecule has 0 spiro atoms. The van der Waals surface area contributed by atoms with Crippen LogP contribution in [0.1, 0.15) is 21.5 Å². The van der Waals surface area contributed by atoms with Crippen LogP contribution in [0.3, 0.4) is 0 Å². The lowest BCUT2D eigenvalue weighted by atomic mass is 10.0. The number of ether oxygens (including phenoxy) is 1. The lowest BCUT2D eigenvalue weighted by Gasteiger charge is -2.13. The summed E-state index contributed by atoms with van der Waals surface area (Å²) in [4.78, 5) is 11.0. The maximum atomic E-state index is 13.4. The van der Waals surface area contributed by atoms with E-state index in [2.05, 4.69) is 4.74 Å². The van der Waals surface area contributed by atoms with Crippen LogP contribution in [-0.2, 0) is 10.9 Å². The van der Waals surface area contributed by atoms with Gasteiger partial charge >= 0.3 is 12.1 Å². The summed E-state index contributed by atoms with van der Waals surface area (Å²) in [6, 6.07) is 1.99. The average molecular weight is 236 g/mol. The van der Waals surface area contributed by atoms with E-state index in [9.17, 15) is 22.4 Å². The van der Waals surface area contributed by atoms with Crippen molar-refractivity contribution in [3.05, 3.63) is 34.6 Å². The normalized spacial score (nSPS) is 11.4. The molecule has 0 fully saturated rings. The summed E-state index contributed by atoms with van der Waals surface area (Å²) in [6.07, 6.45) is -4.84. The van der Waals surface area contributed by atoms with Crippen LogP contribution in [0.25, 0.3) is 0 Å². The lowest BCUT2D eigenvalue weighted by Crippen LogP contribution is -2.15. The van der Waals surface area contributed by atoms with E-state index in [1.54, 1.807) is 0 Å². The fourth-order valence-electron chi connectivity index (χ4n) is 1.29. The van der Waals surface area contributed by atoms with E-state index < -0.39 is 29.1 Å². The van der Waals surface area contributed by atoms with Gasteiger partial charge in [-0.15, -0.1) is 0 Å². The van der Waals surface area contributed by atoms with Crippen LogP contribution in [0.4, 0.5) is 17.6 Å². The Bertz CT molecular complexity index is 424. The number of carbonyl (C=O) groups is 1. The van der Waals surface area contributed by atoms with Crippen LogP contribution in [0, 0.1) is 12.7 Å². The maximum absolute atomic E-state index is 13.4. The first kappa shape index (κ1) is 12.5. The Kier molecular flexibility index (Phi) is 3.21. The monoisotopic (exact) mass is 236 g/mol. The van der Waals surface area contributed by atoms with Gasteiger partial charge in [0, 0.05) is 0 Å². The zero-order valence-corrected chi connectivity index (χ0v) is 8.48. The Hall–Kier alpha value is -1.59. The number of methoxy groups -OCH3 is 1. The first-order chi connectivity index (χ1) is 7.29. The van der Waals surface area contributed by atoms with Crippen molar-refractivity contribution in [3.8, 4) is 0 Å². The van der Waals surface area contributed by atoms with Crippen molar-refractivity contribution in [1.29, 1.82) is 0 Å². The van der Waals surface area contributed by atoms with Gasteiger partial charge in [0.1, 0.15) is 5.82 Å². The molecule has 0 saturated carbocycles. The molecule has 0 radical (unpaired) electrons. The Morgan fingerprint density at radius 1 is 1.31 bits per heavy atom. The van der Waals surface area contributed by atoms with Crippen LogP contribution >= 0.6 is 0 Å². The maximum Gasteiger partial charge on any atom is 0.419 e. The number of aryl methyl sites for hydroxylation is 1. The molecule has 0 heterocycles. The van der Waals surface area contributed by atoms with E-state index in [0.717, 1.165) is 26.2 Å². The van der Waals surface area contributed by atoms with Crippen LogP contribution in [0.5, 0.6) is 0 Å². The summed E-state index contributed by atoms with van der Waals surface area (Å²) in [7, 11) is 0.967. The average Bonchev–Trinajstić information content (AvgIpc) is 2.14. The molecule has 0 amide bonds. The fourth-order valence-corrected chi connectivity index (χ4v) is 1.29. The van der Waals surface area contributed by atoms with Gasteiger partial charge in [0.15, 0.2) is 0 Å². The van der Waals surface area contributed by atoms with Crippen molar-refractivity contribution in [1.82, 2.24) is 0 Å². The van der Waals surface area contributed by atoms with Crippen molar-refractivity contribution in [2.24, 2.45) is 0 Å². The zero-order chi connectivity index (χ0) is 12.5. The third-order valence-electron chi connectivity index (χ3n) is 2.04. The standard InChI is InChI=1S/C10H8F4O2/c1-5-3-4-6(9(15)16-2)8(11)7(5)10(12,13)14/h3-4H,1-2H3. The number of alkyl halides is 3. The molecule has 0 aliphatic carbocycles. The topological polar surface area (TPSA) is 26.3 Å². The van der Waals surface area contributed by atoms with Crippen LogP contribution in [0.2, 0.25) is 0 Å². The summed E-state index contributed by atoms with van der Waals surface area (Å²) in [5, 5.41) is 0. The predicted molar refractivity (Wildman–Crippen MR) is 47.5 cm³/mol. The lowest BCUT2D eigenvalue weighted by molar-refractivity contribution is -0.140. The van der Waals surface area contributed by atoms with E-state index in [1.165, 1.54) is 0 Å². The summed E-state index contributed by atoms with van der Waals surface area (Å²) in [6.45, 7) is 1.12. The SMILES string of the molecule is COC(=O)c1ccc(C)c(C(F)(F)F)c1F. The Morgan fingerprint density at radius 3 is 2.31 bits per heavy atom. The first-order valence-electron chi connectivity index (χ1n) is 4.23. The van der Waals surface area contributed by atoms with Gasteiger partial charge in [0.25, 0.3) is 0 Å². The van der Waals surface area contributed by atoms with Gasteiger partial charge in [-0.1, -0.05) is 6.07 Å². The van der Waals surface area contributed by atoms with Gasteiger partial charge in [-0.25, -0.2) is 9.18 Å². The highest BCUT2D eigenvalue weighted by atomic mass is 19.4. The fraction of sp³-hybridized carbons (Fsp3) is 0.300. The van der Waals surface area contributed by atoms with Crippen LogP contribution < -0.4 is 0 Å². The predicted octanol–water partition coefficient (Wildman–Crippen LogP) is 2.94. The molecule has 0 atom stereocenters. The van der Waals surface area contributed by atoms with Gasteiger partial charge in [-0.3, -0.25) is 0 Å². The molecule has 1 aromatic rings. The largest absolute Gasteiger partial charge is 0.465 e. The molecular formula is C10H8F4O2. The van der Waals surface area contributed by atoms with Crippen molar-refractivity contribution >= 4 is 5.97 Å². The summed E-state index contributed by atoms with van der Waals surface area (Å²) < 4.78 is 55.0. The molecule has 0 saturated heterocycles. The van der Waals surface area contributed by atoms with E-state index in [0.29, 0.717) is 0 Å². The van der Waals surface area contributed by atoms with Crippen LogP contribution in [-0.4, -0.2) is 13.1 Å². The second-order valence-corrected chi connectivity index (χ2v) is 3.11. The first-order valence-corrected chi connectivity index (χ1v) is 4.23. The Morgan fingerprint density at radius 2 is 1.88 bits per heavy atom. The highest BCUT2D eigenvalue weighted by Crippen LogP contribution is 2.35. The zero-order valence-electron chi connectivity index (χ0n) is 8.48. The number of carbonyl (C=O) groups excluding carboxylic acids is 1. The minimum atomic E-state index is -4.84. The number of hydrogen-bond donors (Lipinski definition) is 0. The van der Waals surface area contributed by atoms with Gasteiger partial charge in [0.2, 0.25) is 0 Å². The van der Waals surface area contributed by atoms with E-state index in [1.807, 2.05) is 0 Å². The summed E-state index contributed by atoms with van der Waals surface area (Å²) >= 11 is 0. The molecule has 0 aliphatic heterocycles. The van der Waals surface area contributed by atoms with E-state index >= 15 is 0 Å². The summed E-state index contributed by atoms with van der Waals surface area (Å²) in [5.41, 5.74) is -2.44. The van der Waals surface area contributed by atoms with Crippen molar-refractivity contribution in [2.75, 3.05) is 7.11 Å². The molecule has 16 heavy (non-hydrogen) atoms. The van der Waals surface area contributed by atoms with E-state index in [-0.39, 0.29) is 5.56 Å². The molecule has 0 N–H and O–H groups in total. The van der Waals surface area contributed by atoms with E-state index in [4.69, 9.17) is 0 Å². The van der Waals surface area contributed by atoms with Gasteiger partial charge in [-0.2, -0.15) is 13.2 Å². The second-order valence-electron chi connectivity index (χ2n) is 3.11. The Balaban J connectivity index is 3.45. The number of esters is 1. The molecule has 6 heteroatoms. The number of rotatable bonds is 1. The minimum Gasteiger partial charge on any atom is -0.465 e. The number of hydrogen-bond acceptors (Lipinski definition) is 2. The van der Waals surface area contributed by atoms with Crippen molar-refractivity contribution < 1.29 is 27.1 Å². The second kappa shape index (κ2) is 4.11. The third-order valence-corrected chi connectivity index (χ3v) is 2.04. The van der Waals surface area contributed by atoms with Gasteiger partial charge in [-0.05, 0) is 18.6 Å². The number of benzene rings is 1. The Labute approximate surface area is 88.8 Å². The highest BCUT2D eigenvalue weighted by Gasteiger charge is 2.37. The molecule has 0 unspecified atom stereocenters. The number of halogens is 4. The summed E-state index contributed by atoms with van der Waals surface area (Å²) in [5.74, 6) is -2.73. The van der Waals surface area contributed by atoms with Crippen molar-refractivity contribution in [2.45, 2.75) is 13.1 Å². The van der Waals surface area contributed by atoms with Crippen LogP contribution in [0.15, 0.2) is 12.1 Å². The van der Waals surface area contributed by atoms with Crippen molar-refractivity contribution in [3.63, 3.8) is 0 Å². The smallest absolute Gasteiger partial charge is 0.419 e. The molecule has 2 nitrogen and oxygen atoms in total. The third kappa shape index (κ3) is 2.15. The molecular weight excluding hydrogens is 228 g/mol. The molecule has 88 valence electrons. The van der Waals surface area contributed by atoms with Gasteiger partial charge in [0.05, 0.1) is 18.2 Å². The minimum absolute atomic E-state index is 0.280. The highest BCUT2D eigenvalue weighted by molar-refractivity contribution is 5.90.